The van der Waals surface area contributed by atoms with Crippen LogP contribution < -0.4 is 0 Å². The number of methoxy groups -OCH3 is 1. The highest BCUT2D eigenvalue weighted by Gasteiger charge is 2.37. The van der Waals surface area contributed by atoms with Crippen LogP contribution in [0.4, 0.5) is 13.2 Å². The van der Waals surface area contributed by atoms with E-state index in [4.69, 9.17) is 14.8 Å². The van der Waals surface area contributed by atoms with Gasteiger partial charge < -0.3 is 14.8 Å². The molecule has 2 atom stereocenters. The molecule has 1 aliphatic rings. The smallest absolute Gasteiger partial charge is 0.309 e. The number of halogens is 3. The SMILES string of the molecule is COCC(Cc1cccc([C@@]2(C)CCC(C)(C)CSCCc3c(c(F)c(F)c4[nH]ccc34)Sc3ccc(F)c(c3)-c3nc2nn3C)c1)C(=O)O. The van der Waals surface area contributed by atoms with Crippen LogP contribution in [-0.2, 0) is 34.8 Å². The van der Waals surface area contributed by atoms with Crippen molar-refractivity contribution in [3.63, 3.8) is 0 Å². The molecule has 1 aliphatic heterocycles. The van der Waals surface area contributed by atoms with E-state index in [0.29, 0.717) is 46.9 Å². The predicted octanol–water partition coefficient (Wildman–Crippen LogP) is 8.82. The van der Waals surface area contributed by atoms with Crippen LogP contribution in [0.1, 0.15) is 56.1 Å². The summed E-state index contributed by atoms with van der Waals surface area (Å²) in [5.41, 5.74) is 2.03. The fraction of sp³-hybridized carbons (Fsp3) is 0.395. The van der Waals surface area contributed by atoms with Crippen molar-refractivity contribution in [2.75, 3.05) is 25.2 Å². The summed E-state index contributed by atoms with van der Waals surface area (Å²) in [6.07, 6.45) is 3.92. The summed E-state index contributed by atoms with van der Waals surface area (Å²) in [7, 11) is 3.21. The second kappa shape index (κ2) is 14.5. The normalized spacial score (nSPS) is 18.8. The molecule has 0 saturated heterocycles. The first-order valence-electron chi connectivity index (χ1n) is 16.6. The van der Waals surface area contributed by atoms with E-state index in [1.807, 2.05) is 24.3 Å². The summed E-state index contributed by atoms with van der Waals surface area (Å²) in [5, 5.41) is 15.3. The second-order valence-electron chi connectivity index (χ2n) is 14.0. The number of H-pyrrole nitrogens is 1. The Morgan fingerprint density at radius 3 is 2.66 bits per heavy atom. The maximum atomic E-state index is 15.8. The minimum atomic E-state index is -0.934. The van der Waals surface area contributed by atoms with Crippen molar-refractivity contribution in [2.24, 2.45) is 18.4 Å². The van der Waals surface area contributed by atoms with E-state index in [1.165, 1.54) is 13.2 Å². The summed E-state index contributed by atoms with van der Waals surface area (Å²) < 4.78 is 53.4. The van der Waals surface area contributed by atoms with Crippen LogP contribution in [0.15, 0.2) is 64.5 Å². The summed E-state index contributed by atoms with van der Waals surface area (Å²) >= 11 is 2.86. The molecule has 3 heterocycles. The van der Waals surface area contributed by atoms with E-state index in [2.05, 4.69) is 25.8 Å². The van der Waals surface area contributed by atoms with Gasteiger partial charge in [0.05, 0.1) is 33.9 Å². The predicted molar refractivity (Wildman–Crippen MR) is 192 cm³/mol. The maximum absolute atomic E-state index is 15.8. The number of hydrogen-bond acceptors (Lipinski definition) is 6. The van der Waals surface area contributed by atoms with E-state index in [9.17, 15) is 9.90 Å². The van der Waals surface area contributed by atoms with Gasteiger partial charge in [-0.1, -0.05) is 49.9 Å². The Kier molecular flexibility index (Phi) is 10.4. The standard InChI is InChI=1S/C38H41F3N4O3S2/c1-37(2)13-14-38(3,24-8-6-7-22(18-24)17-23(20-48-5)35(46)47)36-43-34(45(4)44-36)28-19-25(9-10-29(28)39)50-33-27(12-16-49-21-37)26-11-15-42-32(26)30(40)31(33)41/h6-11,15,18-19,23,42H,12-14,16-17,20-21H2,1-5H3,(H,46,47)/t23?,38-/m1/s1. The molecule has 1 unspecified atom stereocenters. The lowest BCUT2D eigenvalue weighted by Gasteiger charge is -2.33. The third kappa shape index (κ3) is 7.20. The van der Waals surface area contributed by atoms with Gasteiger partial charge in [0.15, 0.2) is 23.3 Å². The lowest BCUT2D eigenvalue weighted by atomic mass is 9.73. The van der Waals surface area contributed by atoms with Gasteiger partial charge in [0.2, 0.25) is 0 Å². The van der Waals surface area contributed by atoms with Gasteiger partial charge in [0.1, 0.15) is 5.82 Å². The molecule has 6 rings (SSSR count). The number of benzene rings is 3. The Morgan fingerprint density at radius 2 is 1.90 bits per heavy atom. The number of aryl methyl sites for hydroxylation is 2. The molecule has 5 aromatic rings. The van der Waals surface area contributed by atoms with E-state index in [-0.39, 0.29) is 28.0 Å². The highest BCUT2D eigenvalue weighted by Crippen LogP contribution is 2.43. The topological polar surface area (TPSA) is 93.0 Å². The molecule has 0 fully saturated rings. The highest BCUT2D eigenvalue weighted by molar-refractivity contribution is 7.99. The molecule has 12 heteroatoms. The molecule has 2 N–H and O–H groups in total. The largest absolute Gasteiger partial charge is 0.481 e. The second-order valence-corrected chi connectivity index (χ2v) is 16.2. The first kappa shape index (κ1) is 36.1. The highest BCUT2D eigenvalue weighted by atomic mass is 32.2. The molecule has 7 nitrogen and oxygen atoms in total. The van der Waals surface area contributed by atoms with E-state index >= 15 is 13.2 Å². The molecule has 4 bridgehead atoms. The molecule has 0 spiro atoms. The van der Waals surface area contributed by atoms with Crippen LogP contribution in [0.5, 0.6) is 0 Å². The van der Waals surface area contributed by atoms with Crippen LogP contribution in [-0.4, -0.2) is 56.0 Å². The number of aromatic nitrogens is 4. The number of carboxylic acids is 1. The lowest BCUT2D eigenvalue weighted by molar-refractivity contribution is -0.143. The molecular formula is C38H41F3N4O3S2. The van der Waals surface area contributed by atoms with Gasteiger partial charge in [-0.25, -0.2) is 22.8 Å². The first-order valence-corrected chi connectivity index (χ1v) is 18.5. The Labute approximate surface area is 298 Å². The van der Waals surface area contributed by atoms with E-state index in [1.54, 1.807) is 47.9 Å². The minimum absolute atomic E-state index is 0.0967. The number of carbonyl (C=O) groups is 1. The molecule has 0 aliphatic carbocycles. The van der Waals surface area contributed by atoms with Crippen LogP contribution in [0.3, 0.4) is 0 Å². The molecule has 3 aromatic carbocycles. The molecule has 0 saturated carbocycles. The van der Waals surface area contributed by atoms with Gasteiger partial charge in [-0.05, 0) is 90.5 Å². The van der Waals surface area contributed by atoms with Crippen molar-refractivity contribution in [2.45, 2.75) is 61.7 Å². The number of ether oxygens (including phenoxy) is 1. The number of nitrogens with one attached hydrogen (secondary N) is 1. The van der Waals surface area contributed by atoms with Crippen LogP contribution >= 0.6 is 23.5 Å². The fourth-order valence-electron chi connectivity index (χ4n) is 6.64. The van der Waals surface area contributed by atoms with E-state index < -0.39 is 34.8 Å². The van der Waals surface area contributed by atoms with Gasteiger partial charge in [0, 0.05) is 30.6 Å². The fourth-order valence-corrected chi connectivity index (χ4v) is 8.90. The number of hydrogen-bond donors (Lipinski definition) is 2. The third-order valence-electron chi connectivity index (χ3n) is 9.67. The number of thioether (sulfide) groups is 1. The van der Waals surface area contributed by atoms with Crippen molar-refractivity contribution in [3.8, 4) is 11.4 Å². The number of fused-ring (bicyclic) bond motifs is 8. The van der Waals surface area contributed by atoms with Crippen molar-refractivity contribution in [3.05, 3.63) is 94.7 Å². The number of rotatable bonds is 6. The molecule has 2 aromatic heterocycles. The zero-order chi connectivity index (χ0) is 35.8. The molecule has 50 heavy (non-hydrogen) atoms. The lowest BCUT2D eigenvalue weighted by Crippen LogP contribution is -2.29. The van der Waals surface area contributed by atoms with Crippen molar-refractivity contribution >= 4 is 40.4 Å². The first-order chi connectivity index (χ1) is 23.8. The van der Waals surface area contributed by atoms with Crippen molar-refractivity contribution < 1.29 is 27.8 Å². The van der Waals surface area contributed by atoms with Crippen LogP contribution in [0.25, 0.3) is 22.3 Å². The van der Waals surface area contributed by atoms with Crippen molar-refractivity contribution in [1.29, 1.82) is 0 Å². The minimum Gasteiger partial charge on any atom is -0.481 e. The number of nitrogens with zero attached hydrogens (tertiary/aromatic N) is 3. The van der Waals surface area contributed by atoms with Gasteiger partial charge in [0.25, 0.3) is 0 Å². The summed E-state index contributed by atoms with van der Waals surface area (Å²) in [4.78, 5) is 20.5. The average Bonchev–Trinajstić information content (AvgIpc) is 3.73. The molecule has 0 amide bonds. The Morgan fingerprint density at radius 1 is 1.10 bits per heavy atom. The Hall–Kier alpha value is -3.74. The summed E-state index contributed by atoms with van der Waals surface area (Å²) in [6, 6.07) is 14.2. The van der Waals surface area contributed by atoms with Gasteiger partial charge in [-0.3, -0.25) is 4.79 Å². The monoisotopic (exact) mass is 722 g/mol. The van der Waals surface area contributed by atoms with Crippen molar-refractivity contribution in [1.82, 2.24) is 19.7 Å². The third-order valence-corrected chi connectivity index (χ3v) is 12.3. The summed E-state index contributed by atoms with van der Waals surface area (Å²) in [6.45, 7) is 6.62. The van der Waals surface area contributed by atoms with Crippen LogP contribution in [0.2, 0.25) is 0 Å². The van der Waals surface area contributed by atoms with Crippen LogP contribution in [0, 0.1) is 28.8 Å². The van der Waals surface area contributed by atoms with Gasteiger partial charge in [-0.15, -0.1) is 0 Å². The van der Waals surface area contributed by atoms with Gasteiger partial charge in [-0.2, -0.15) is 16.9 Å². The molecular weight excluding hydrogens is 682 g/mol. The molecule has 264 valence electrons. The average molecular weight is 723 g/mol. The van der Waals surface area contributed by atoms with Gasteiger partial charge >= 0.3 is 5.97 Å². The van der Waals surface area contributed by atoms with E-state index in [0.717, 1.165) is 40.6 Å². The number of aromatic amines is 1. The summed E-state index contributed by atoms with van der Waals surface area (Å²) in [5.74, 6) is -1.64. The number of aliphatic carboxylic acids is 1. The zero-order valence-corrected chi connectivity index (χ0v) is 30.4. The number of carboxylic acid groups (broad SMARTS) is 1. The quantitative estimate of drug-likeness (QED) is 0.181. The Balaban J connectivity index is 1.47. The maximum Gasteiger partial charge on any atom is 0.309 e. The zero-order valence-electron chi connectivity index (χ0n) is 28.8. The molecule has 0 radical (unpaired) electrons. The Bertz CT molecular complexity index is 2050.